The van der Waals surface area contributed by atoms with E-state index in [1.165, 1.54) is 0 Å². The molecule has 3 rings (SSSR count). The number of nitrogens with zero attached hydrogens (tertiary/aromatic N) is 2. The molecule has 5 nitrogen and oxygen atoms in total. The van der Waals surface area contributed by atoms with Gasteiger partial charge in [-0.1, -0.05) is 17.7 Å². The second kappa shape index (κ2) is 6.28. The fraction of sp³-hybridized carbons (Fsp3) is 0.333. The summed E-state index contributed by atoms with van der Waals surface area (Å²) in [5.41, 5.74) is 0.824. The number of piperidine rings is 1. The predicted molar refractivity (Wildman–Crippen MR) is 82.8 cm³/mol. The molecule has 1 unspecified atom stereocenters. The quantitative estimate of drug-likeness (QED) is 0.916. The standard InChI is InChI=1S/C15H17ClN4O/c16-12-4-1-5-13(9-12)20-14(6-8-18-20)19-15(21)11-3-2-7-17-10-11/h1,4-6,8-9,11,17H,2-3,7,10H2,(H,19,21). The number of rotatable bonds is 3. The smallest absolute Gasteiger partial charge is 0.229 e. The van der Waals surface area contributed by atoms with E-state index in [0.717, 1.165) is 31.6 Å². The van der Waals surface area contributed by atoms with E-state index >= 15 is 0 Å². The van der Waals surface area contributed by atoms with E-state index < -0.39 is 0 Å². The third-order valence-corrected chi connectivity index (χ3v) is 3.85. The molecule has 0 aliphatic carbocycles. The van der Waals surface area contributed by atoms with Crippen LogP contribution in [0.3, 0.4) is 0 Å². The van der Waals surface area contributed by atoms with E-state index in [2.05, 4.69) is 15.7 Å². The first kappa shape index (κ1) is 14.1. The summed E-state index contributed by atoms with van der Waals surface area (Å²) in [5.74, 6) is 0.709. The first-order valence-electron chi connectivity index (χ1n) is 7.05. The van der Waals surface area contributed by atoms with Crippen LogP contribution in [0.2, 0.25) is 5.02 Å². The van der Waals surface area contributed by atoms with Gasteiger partial charge in [0.25, 0.3) is 0 Å². The van der Waals surface area contributed by atoms with Crippen LogP contribution in [-0.2, 0) is 4.79 Å². The van der Waals surface area contributed by atoms with E-state index in [9.17, 15) is 4.79 Å². The molecule has 1 saturated heterocycles. The minimum atomic E-state index is 0.0152. The van der Waals surface area contributed by atoms with Crippen molar-refractivity contribution in [2.75, 3.05) is 18.4 Å². The number of hydrogen-bond acceptors (Lipinski definition) is 3. The highest BCUT2D eigenvalue weighted by Gasteiger charge is 2.21. The maximum atomic E-state index is 12.3. The average Bonchev–Trinajstić information content (AvgIpc) is 2.96. The third-order valence-electron chi connectivity index (χ3n) is 3.61. The van der Waals surface area contributed by atoms with Crippen LogP contribution in [0.1, 0.15) is 12.8 Å². The fourth-order valence-corrected chi connectivity index (χ4v) is 2.70. The molecular formula is C15H17ClN4O. The Morgan fingerprint density at radius 2 is 2.33 bits per heavy atom. The Kier molecular flexibility index (Phi) is 4.22. The summed E-state index contributed by atoms with van der Waals surface area (Å²) < 4.78 is 1.68. The van der Waals surface area contributed by atoms with Gasteiger partial charge in [-0.25, -0.2) is 4.68 Å². The molecule has 21 heavy (non-hydrogen) atoms. The van der Waals surface area contributed by atoms with Crippen molar-refractivity contribution in [2.24, 2.45) is 5.92 Å². The molecule has 1 aromatic carbocycles. The predicted octanol–water partition coefficient (Wildman–Crippen LogP) is 2.46. The number of amides is 1. The van der Waals surface area contributed by atoms with E-state index in [4.69, 9.17) is 11.6 Å². The van der Waals surface area contributed by atoms with E-state index in [1.807, 2.05) is 18.2 Å². The molecule has 0 radical (unpaired) electrons. The number of carbonyl (C=O) groups excluding carboxylic acids is 1. The zero-order chi connectivity index (χ0) is 14.7. The maximum Gasteiger partial charge on any atom is 0.229 e. The highest BCUT2D eigenvalue weighted by atomic mass is 35.5. The Labute approximate surface area is 128 Å². The van der Waals surface area contributed by atoms with Gasteiger partial charge in [0, 0.05) is 17.6 Å². The molecule has 2 N–H and O–H groups in total. The maximum absolute atomic E-state index is 12.3. The van der Waals surface area contributed by atoms with Gasteiger partial charge < -0.3 is 10.6 Å². The monoisotopic (exact) mass is 304 g/mol. The number of carbonyl (C=O) groups is 1. The van der Waals surface area contributed by atoms with E-state index in [0.29, 0.717) is 10.8 Å². The number of hydrogen-bond donors (Lipinski definition) is 2. The van der Waals surface area contributed by atoms with Gasteiger partial charge in [0.05, 0.1) is 17.8 Å². The van der Waals surface area contributed by atoms with Crippen LogP contribution >= 0.6 is 11.6 Å². The van der Waals surface area contributed by atoms with Crippen molar-refractivity contribution >= 4 is 23.3 Å². The first-order chi connectivity index (χ1) is 10.2. The highest BCUT2D eigenvalue weighted by Crippen LogP contribution is 2.20. The van der Waals surface area contributed by atoms with Crippen LogP contribution in [0.15, 0.2) is 36.5 Å². The van der Waals surface area contributed by atoms with Gasteiger partial charge in [-0.3, -0.25) is 4.79 Å². The topological polar surface area (TPSA) is 59.0 Å². The Morgan fingerprint density at radius 1 is 1.43 bits per heavy atom. The highest BCUT2D eigenvalue weighted by molar-refractivity contribution is 6.30. The lowest BCUT2D eigenvalue weighted by molar-refractivity contribution is -0.120. The molecule has 0 bridgehead atoms. The summed E-state index contributed by atoms with van der Waals surface area (Å²) in [7, 11) is 0. The van der Waals surface area contributed by atoms with Gasteiger partial charge >= 0.3 is 0 Å². The summed E-state index contributed by atoms with van der Waals surface area (Å²) in [6.45, 7) is 1.72. The minimum absolute atomic E-state index is 0.0152. The van der Waals surface area contributed by atoms with Crippen molar-refractivity contribution in [1.29, 1.82) is 0 Å². The summed E-state index contributed by atoms with van der Waals surface area (Å²) in [4.78, 5) is 12.3. The molecular weight excluding hydrogens is 288 g/mol. The number of aromatic nitrogens is 2. The molecule has 0 spiro atoms. The Hall–Kier alpha value is -1.85. The Balaban J connectivity index is 1.78. The Bertz CT molecular complexity index is 634. The normalized spacial score (nSPS) is 18.4. The lowest BCUT2D eigenvalue weighted by Crippen LogP contribution is -2.37. The summed E-state index contributed by atoms with van der Waals surface area (Å²) in [6, 6.07) is 9.16. The molecule has 1 aromatic heterocycles. The van der Waals surface area contributed by atoms with E-state index in [-0.39, 0.29) is 11.8 Å². The summed E-state index contributed by atoms with van der Waals surface area (Å²) >= 11 is 6.00. The SMILES string of the molecule is O=C(Nc1ccnn1-c1cccc(Cl)c1)C1CCCNC1. The molecule has 1 aliphatic rings. The van der Waals surface area contributed by atoms with Gasteiger partial charge in [-0.15, -0.1) is 0 Å². The molecule has 110 valence electrons. The third kappa shape index (κ3) is 3.25. The van der Waals surface area contributed by atoms with Crippen molar-refractivity contribution in [1.82, 2.24) is 15.1 Å². The van der Waals surface area contributed by atoms with Crippen molar-refractivity contribution in [3.05, 3.63) is 41.6 Å². The summed E-state index contributed by atoms with van der Waals surface area (Å²) in [6.07, 6.45) is 3.62. The van der Waals surface area contributed by atoms with Gasteiger partial charge in [-0.05, 0) is 37.6 Å². The lowest BCUT2D eigenvalue weighted by Gasteiger charge is -2.22. The first-order valence-corrected chi connectivity index (χ1v) is 7.43. The van der Waals surface area contributed by atoms with Crippen molar-refractivity contribution in [3.8, 4) is 5.69 Å². The number of halogens is 1. The summed E-state index contributed by atoms with van der Waals surface area (Å²) in [5, 5.41) is 11.1. The molecule has 1 fully saturated rings. The van der Waals surface area contributed by atoms with Crippen molar-refractivity contribution < 1.29 is 4.79 Å². The van der Waals surface area contributed by atoms with Crippen LogP contribution in [-0.4, -0.2) is 28.8 Å². The molecule has 1 atom stereocenters. The molecule has 2 heterocycles. The van der Waals surface area contributed by atoms with Crippen LogP contribution < -0.4 is 10.6 Å². The van der Waals surface area contributed by atoms with Crippen molar-refractivity contribution in [2.45, 2.75) is 12.8 Å². The van der Waals surface area contributed by atoms with E-state index in [1.54, 1.807) is 23.0 Å². The van der Waals surface area contributed by atoms with Crippen LogP contribution in [0.5, 0.6) is 0 Å². The van der Waals surface area contributed by atoms with Crippen LogP contribution in [0.25, 0.3) is 5.69 Å². The molecule has 0 saturated carbocycles. The zero-order valence-electron chi connectivity index (χ0n) is 11.6. The second-order valence-corrected chi connectivity index (χ2v) is 5.58. The molecule has 1 aliphatic heterocycles. The van der Waals surface area contributed by atoms with Crippen LogP contribution in [0.4, 0.5) is 5.82 Å². The zero-order valence-corrected chi connectivity index (χ0v) is 12.3. The average molecular weight is 305 g/mol. The lowest BCUT2D eigenvalue weighted by atomic mass is 9.99. The second-order valence-electron chi connectivity index (χ2n) is 5.14. The van der Waals surface area contributed by atoms with Gasteiger partial charge in [0.15, 0.2) is 0 Å². The van der Waals surface area contributed by atoms with Crippen LogP contribution in [0, 0.1) is 5.92 Å². The number of nitrogens with one attached hydrogen (secondary N) is 2. The van der Waals surface area contributed by atoms with Gasteiger partial charge in [0.2, 0.25) is 5.91 Å². The molecule has 6 heteroatoms. The van der Waals surface area contributed by atoms with Crippen molar-refractivity contribution in [3.63, 3.8) is 0 Å². The van der Waals surface area contributed by atoms with Gasteiger partial charge in [0.1, 0.15) is 5.82 Å². The number of benzene rings is 1. The minimum Gasteiger partial charge on any atom is -0.316 e. The van der Waals surface area contributed by atoms with Gasteiger partial charge in [-0.2, -0.15) is 5.10 Å². The Morgan fingerprint density at radius 3 is 3.10 bits per heavy atom. The fourth-order valence-electron chi connectivity index (χ4n) is 2.52. The number of anilines is 1. The largest absolute Gasteiger partial charge is 0.316 e. The molecule has 1 amide bonds. The molecule has 2 aromatic rings.